The molecule has 0 spiro atoms. The van der Waals surface area contributed by atoms with Gasteiger partial charge in [0.1, 0.15) is 17.3 Å². The zero-order chi connectivity index (χ0) is 21.3. The van der Waals surface area contributed by atoms with Gasteiger partial charge >= 0.3 is 0 Å². The number of para-hydroxylation sites is 2. The van der Waals surface area contributed by atoms with Crippen LogP contribution < -0.4 is 10.1 Å². The summed E-state index contributed by atoms with van der Waals surface area (Å²) in [5.74, 6) is 1.49. The van der Waals surface area contributed by atoms with Gasteiger partial charge in [-0.05, 0) is 48.4 Å². The topological polar surface area (TPSA) is 84.8 Å². The lowest BCUT2D eigenvalue weighted by molar-refractivity contribution is 0.0913. The monoisotopic (exact) mass is 403 g/mol. The van der Waals surface area contributed by atoms with Crippen molar-refractivity contribution in [2.45, 2.75) is 19.9 Å². The molecule has 7 nitrogen and oxygen atoms in total. The van der Waals surface area contributed by atoms with Crippen molar-refractivity contribution in [1.29, 1.82) is 0 Å². The van der Waals surface area contributed by atoms with E-state index < -0.39 is 0 Å². The molecule has 30 heavy (non-hydrogen) atoms. The van der Waals surface area contributed by atoms with Gasteiger partial charge in [-0.1, -0.05) is 26.0 Å². The van der Waals surface area contributed by atoms with Crippen LogP contribution in [0.25, 0.3) is 22.3 Å². The molecule has 2 heterocycles. The maximum atomic E-state index is 13.1. The first kappa shape index (κ1) is 19.7. The Bertz CT molecular complexity index is 1140. The zero-order valence-electron chi connectivity index (χ0n) is 17.5. The molecule has 154 valence electrons. The number of methoxy groups -OCH3 is 1. The number of aryl methyl sites for hydroxylation is 1. The van der Waals surface area contributed by atoms with Crippen LogP contribution >= 0.6 is 0 Å². The minimum atomic E-state index is -0.246. The fourth-order valence-corrected chi connectivity index (χ4v) is 3.47. The Hall–Kier alpha value is -3.61. The average Bonchev–Trinajstić information content (AvgIpc) is 3.35. The van der Waals surface area contributed by atoms with Gasteiger partial charge < -0.3 is 15.0 Å². The van der Waals surface area contributed by atoms with Crippen LogP contribution in [0.15, 0.2) is 54.6 Å². The quantitative estimate of drug-likeness (QED) is 0.508. The van der Waals surface area contributed by atoms with E-state index in [-0.39, 0.29) is 17.9 Å². The summed E-state index contributed by atoms with van der Waals surface area (Å²) >= 11 is 0. The highest BCUT2D eigenvalue weighted by molar-refractivity contribution is 5.94. The number of nitrogens with zero attached hydrogens (tertiary/aromatic N) is 3. The van der Waals surface area contributed by atoms with Crippen LogP contribution in [-0.2, 0) is 7.05 Å². The van der Waals surface area contributed by atoms with Gasteiger partial charge in [0.05, 0.1) is 29.9 Å². The van der Waals surface area contributed by atoms with Gasteiger partial charge in [-0.25, -0.2) is 4.98 Å². The van der Waals surface area contributed by atoms with Gasteiger partial charge in [0, 0.05) is 12.6 Å². The van der Waals surface area contributed by atoms with E-state index in [4.69, 9.17) is 4.74 Å². The van der Waals surface area contributed by atoms with Crippen LogP contribution in [0.5, 0.6) is 5.75 Å². The van der Waals surface area contributed by atoms with Crippen LogP contribution in [0.3, 0.4) is 0 Å². The Kier molecular flexibility index (Phi) is 5.27. The number of benzene rings is 2. The number of nitrogens with one attached hydrogen (secondary N) is 2. The van der Waals surface area contributed by atoms with E-state index in [2.05, 4.69) is 34.2 Å². The zero-order valence-corrected chi connectivity index (χ0v) is 17.5. The predicted molar refractivity (Wildman–Crippen MR) is 116 cm³/mol. The average molecular weight is 403 g/mol. The number of ether oxygens (including phenoxy) is 1. The number of imidazole rings is 1. The number of aromatic amines is 1. The molecule has 2 aromatic carbocycles. The Morgan fingerprint density at radius 1 is 1.13 bits per heavy atom. The van der Waals surface area contributed by atoms with E-state index >= 15 is 0 Å². The second-order valence-electron chi connectivity index (χ2n) is 7.60. The van der Waals surface area contributed by atoms with Crippen LogP contribution in [0, 0.1) is 5.92 Å². The van der Waals surface area contributed by atoms with E-state index in [9.17, 15) is 4.79 Å². The van der Waals surface area contributed by atoms with Crippen LogP contribution in [0.2, 0.25) is 0 Å². The van der Waals surface area contributed by atoms with Gasteiger partial charge in [-0.3, -0.25) is 9.48 Å². The van der Waals surface area contributed by atoms with E-state index in [1.54, 1.807) is 24.9 Å². The highest BCUT2D eigenvalue weighted by atomic mass is 16.5. The summed E-state index contributed by atoms with van der Waals surface area (Å²) in [6, 6.07) is 17.0. The first-order valence-corrected chi connectivity index (χ1v) is 9.90. The van der Waals surface area contributed by atoms with Crippen molar-refractivity contribution >= 4 is 16.9 Å². The molecule has 0 saturated carbocycles. The smallest absolute Gasteiger partial charge is 0.270 e. The Labute approximate surface area is 175 Å². The van der Waals surface area contributed by atoms with E-state index in [1.807, 2.05) is 48.5 Å². The minimum Gasteiger partial charge on any atom is -0.497 e. The summed E-state index contributed by atoms with van der Waals surface area (Å²) in [4.78, 5) is 21.1. The summed E-state index contributed by atoms with van der Waals surface area (Å²) in [5, 5.41) is 7.63. The molecule has 1 atom stereocenters. The maximum absolute atomic E-state index is 13.1. The molecule has 4 aromatic rings. The van der Waals surface area contributed by atoms with E-state index in [0.29, 0.717) is 5.69 Å². The molecule has 0 aliphatic carbocycles. The number of hydrogen-bond acceptors (Lipinski definition) is 4. The van der Waals surface area contributed by atoms with Gasteiger partial charge in [0.2, 0.25) is 0 Å². The number of aromatic nitrogens is 4. The number of carbonyl (C=O) groups excluding carboxylic acids is 1. The van der Waals surface area contributed by atoms with Gasteiger partial charge in [-0.15, -0.1) is 0 Å². The normalized spacial score (nSPS) is 12.3. The minimum absolute atomic E-state index is 0.156. The molecule has 1 amide bonds. The predicted octanol–water partition coefficient (Wildman–Crippen LogP) is 4.10. The lowest BCUT2D eigenvalue weighted by Crippen LogP contribution is -2.33. The third-order valence-electron chi connectivity index (χ3n) is 5.15. The second-order valence-corrected chi connectivity index (χ2v) is 7.60. The fraction of sp³-hybridized carbons (Fsp3) is 0.261. The van der Waals surface area contributed by atoms with Crippen LogP contribution in [0.1, 0.15) is 36.2 Å². The standard InChI is InChI=1S/C23H25N5O2/c1-14(2)21(22-24-17-7-5-6-8-18(17)25-22)26-23(29)20-13-19(27-28(20)3)15-9-11-16(30-4)12-10-15/h5-14,21H,1-4H3,(H,24,25)(H,26,29)/t21-/m1/s1. The summed E-state index contributed by atoms with van der Waals surface area (Å²) in [6.45, 7) is 4.12. The molecule has 0 saturated heterocycles. The molecule has 0 fully saturated rings. The molecule has 2 aromatic heterocycles. The first-order valence-electron chi connectivity index (χ1n) is 9.90. The third kappa shape index (κ3) is 3.78. The number of carbonyl (C=O) groups is 1. The molecular weight excluding hydrogens is 378 g/mol. The fourth-order valence-electron chi connectivity index (χ4n) is 3.47. The Morgan fingerprint density at radius 2 is 1.87 bits per heavy atom. The number of rotatable bonds is 6. The SMILES string of the molecule is COc1ccc(-c2cc(C(=O)N[C@@H](c3nc4ccccc4[nH]3)C(C)C)n(C)n2)cc1. The third-order valence-corrected chi connectivity index (χ3v) is 5.15. The van der Waals surface area contributed by atoms with Crippen molar-refractivity contribution in [2.24, 2.45) is 13.0 Å². The summed E-state index contributed by atoms with van der Waals surface area (Å²) < 4.78 is 6.81. The van der Waals surface area contributed by atoms with Crippen molar-refractivity contribution in [2.75, 3.05) is 7.11 Å². The number of H-pyrrole nitrogens is 1. The summed E-state index contributed by atoms with van der Waals surface area (Å²) in [5.41, 5.74) is 3.98. The van der Waals surface area contributed by atoms with E-state index in [0.717, 1.165) is 33.9 Å². The Balaban J connectivity index is 1.59. The van der Waals surface area contributed by atoms with Crippen molar-refractivity contribution in [3.8, 4) is 17.0 Å². The summed E-state index contributed by atoms with van der Waals surface area (Å²) in [6.07, 6.45) is 0. The molecule has 7 heteroatoms. The highest BCUT2D eigenvalue weighted by Gasteiger charge is 2.24. The van der Waals surface area contributed by atoms with Crippen molar-refractivity contribution in [1.82, 2.24) is 25.1 Å². The molecular formula is C23H25N5O2. The van der Waals surface area contributed by atoms with Gasteiger partial charge in [-0.2, -0.15) is 5.10 Å². The van der Waals surface area contributed by atoms with Gasteiger partial charge in [0.15, 0.2) is 0 Å². The number of fused-ring (bicyclic) bond motifs is 1. The number of amides is 1. The van der Waals surface area contributed by atoms with Crippen molar-refractivity contribution in [3.05, 3.63) is 66.1 Å². The van der Waals surface area contributed by atoms with Crippen molar-refractivity contribution < 1.29 is 9.53 Å². The highest BCUT2D eigenvalue weighted by Crippen LogP contribution is 2.25. The lowest BCUT2D eigenvalue weighted by Gasteiger charge is -2.20. The van der Waals surface area contributed by atoms with E-state index in [1.165, 1.54) is 0 Å². The van der Waals surface area contributed by atoms with Gasteiger partial charge in [0.25, 0.3) is 5.91 Å². The molecule has 0 aliphatic rings. The number of hydrogen-bond donors (Lipinski definition) is 2. The second kappa shape index (κ2) is 8.02. The molecule has 0 unspecified atom stereocenters. The lowest BCUT2D eigenvalue weighted by atomic mass is 10.0. The van der Waals surface area contributed by atoms with Crippen molar-refractivity contribution in [3.63, 3.8) is 0 Å². The van der Waals surface area contributed by atoms with Crippen LogP contribution in [-0.4, -0.2) is 32.8 Å². The molecule has 0 bridgehead atoms. The van der Waals surface area contributed by atoms with Crippen LogP contribution in [0.4, 0.5) is 0 Å². The largest absolute Gasteiger partial charge is 0.497 e. The molecule has 0 aliphatic heterocycles. The maximum Gasteiger partial charge on any atom is 0.270 e. The first-order chi connectivity index (χ1) is 14.5. The summed E-state index contributed by atoms with van der Waals surface area (Å²) in [7, 11) is 3.40. The molecule has 4 rings (SSSR count). The Morgan fingerprint density at radius 3 is 2.53 bits per heavy atom. The molecule has 2 N–H and O–H groups in total. The molecule has 0 radical (unpaired) electrons.